The second-order valence-corrected chi connectivity index (χ2v) is 3.79. The summed E-state index contributed by atoms with van der Waals surface area (Å²) in [6, 6.07) is 0. The number of fused-ring (bicyclic) bond motifs is 1. The standard InChI is InChI=1S/C10H16N2/c1-3-8-4-5-10-9(6-8)7(2)11-12-10/h8H,3-6H2,1-2H3,(H,11,12). The van der Waals surface area contributed by atoms with E-state index in [1.807, 2.05) is 0 Å². The number of aromatic nitrogens is 2. The van der Waals surface area contributed by atoms with E-state index in [1.54, 1.807) is 0 Å². The van der Waals surface area contributed by atoms with Gasteiger partial charge in [-0.25, -0.2) is 0 Å². The van der Waals surface area contributed by atoms with E-state index >= 15 is 0 Å². The molecule has 2 heteroatoms. The van der Waals surface area contributed by atoms with Gasteiger partial charge in [-0.05, 0) is 37.7 Å². The van der Waals surface area contributed by atoms with Gasteiger partial charge in [0.15, 0.2) is 0 Å². The Bertz CT molecular complexity index is 275. The Balaban J connectivity index is 2.26. The molecule has 1 heterocycles. The van der Waals surface area contributed by atoms with Crippen molar-refractivity contribution < 1.29 is 0 Å². The summed E-state index contributed by atoms with van der Waals surface area (Å²) >= 11 is 0. The third kappa shape index (κ3) is 1.15. The predicted octanol–water partition coefficient (Wildman–Crippen LogP) is 2.23. The van der Waals surface area contributed by atoms with Crippen LogP contribution in [0, 0.1) is 12.8 Å². The average molecular weight is 164 g/mol. The van der Waals surface area contributed by atoms with E-state index in [4.69, 9.17) is 0 Å². The lowest BCUT2D eigenvalue weighted by Gasteiger charge is -2.19. The van der Waals surface area contributed by atoms with Crippen molar-refractivity contribution in [3.8, 4) is 0 Å². The topological polar surface area (TPSA) is 28.7 Å². The van der Waals surface area contributed by atoms with E-state index in [9.17, 15) is 0 Å². The minimum atomic E-state index is 0.897. The molecule has 0 amide bonds. The van der Waals surface area contributed by atoms with Crippen molar-refractivity contribution in [3.63, 3.8) is 0 Å². The molecule has 0 fully saturated rings. The number of H-pyrrole nitrogens is 1. The number of aromatic amines is 1. The first kappa shape index (κ1) is 7.84. The van der Waals surface area contributed by atoms with Crippen molar-refractivity contribution in [1.29, 1.82) is 0 Å². The largest absolute Gasteiger partial charge is 0.282 e. The van der Waals surface area contributed by atoms with Gasteiger partial charge >= 0.3 is 0 Å². The first-order chi connectivity index (χ1) is 5.81. The van der Waals surface area contributed by atoms with Crippen LogP contribution in [-0.4, -0.2) is 10.2 Å². The maximum atomic E-state index is 4.30. The number of nitrogens with zero attached hydrogens (tertiary/aromatic N) is 1. The van der Waals surface area contributed by atoms with E-state index in [0.29, 0.717) is 0 Å². The molecule has 12 heavy (non-hydrogen) atoms. The van der Waals surface area contributed by atoms with Crippen molar-refractivity contribution in [3.05, 3.63) is 17.0 Å². The van der Waals surface area contributed by atoms with Gasteiger partial charge in [0.05, 0.1) is 5.69 Å². The third-order valence-electron chi connectivity index (χ3n) is 3.02. The van der Waals surface area contributed by atoms with Crippen LogP contribution in [0.15, 0.2) is 0 Å². The molecule has 1 aliphatic rings. The molecule has 0 spiro atoms. The Labute approximate surface area is 73.4 Å². The quantitative estimate of drug-likeness (QED) is 0.677. The molecule has 1 aromatic heterocycles. The lowest BCUT2D eigenvalue weighted by atomic mass is 9.85. The van der Waals surface area contributed by atoms with E-state index in [1.165, 1.54) is 42.6 Å². The Morgan fingerprint density at radius 2 is 2.42 bits per heavy atom. The van der Waals surface area contributed by atoms with Crippen molar-refractivity contribution in [2.75, 3.05) is 0 Å². The minimum Gasteiger partial charge on any atom is -0.282 e. The van der Waals surface area contributed by atoms with Crippen molar-refractivity contribution in [2.45, 2.75) is 39.5 Å². The van der Waals surface area contributed by atoms with Crippen LogP contribution < -0.4 is 0 Å². The summed E-state index contributed by atoms with van der Waals surface area (Å²) in [5, 5.41) is 7.37. The number of nitrogens with one attached hydrogen (secondary N) is 1. The normalized spacial score (nSPS) is 22.3. The van der Waals surface area contributed by atoms with Gasteiger partial charge in [0.2, 0.25) is 0 Å². The third-order valence-corrected chi connectivity index (χ3v) is 3.02. The zero-order valence-electron chi connectivity index (χ0n) is 7.85. The molecular weight excluding hydrogens is 148 g/mol. The van der Waals surface area contributed by atoms with Crippen LogP contribution in [0.2, 0.25) is 0 Å². The summed E-state index contributed by atoms with van der Waals surface area (Å²) in [7, 11) is 0. The van der Waals surface area contributed by atoms with Gasteiger partial charge in [0.25, 0.3) is 0 Å². The second kappa shape index (κ2) is 2.92. The van der Waals surface area contributed by atoms with E-state index < -0.39 is 0 Å². The summed E-state index contributed by atoms with van der Waals surface area (Å²) < 4.78 is 0. The zero-order valence-corrected chi connectivity index (χ0v) is 7.85. The van der Waals surface area contributed by atoms with Crippen LogP contribution in [-0.2, 0) is 12.8 Å². The summed E-state index contributed by atoms with van der Waals surface area (Å²) in [6.45, 7) is 4.41. The molecule has 0 saturated heterocycles. The van der Waals surface area contributed by atoms with Crippen molar-refractivity contribution in [2.24, 2.45) is 5.92 Å². The number of rotatable bonds is 1. The van der Waals surface area contributed by atoms with Crippen LogP contribution in [0.3, 0.4) is 0 Å². The molecule has 2 nitrogen and oxygen atoms in total. The lowest BCUT2D eigenvalue weighted by Crippen LogP contribution is -2.12. The smallest absolute Gasteiger partial charge is 0.0657 e. The molecule has 0 radical (unpaired) electrons. The van der Waals surface area contributed by atoms with Gasteiger partial charge in [-0.3, -0.25) is 5.10 Å². The Morgan fingerprint density at radius 3 is 3.17 bits per heavy atom. The minimum absolute atomic E-state index is 0.897. The highest BCUT2D eigenvalue weighted by molar-refractivity contribution is 5.27. The maximum Gasteiger partial charge on any atom is 0.0657 e. The average Bonchev–Trinajstić information content (AvgIpc) is 2.47. The SMILES string of the molecule is CCC1CCc2n[nH]c(C)c2C1. The van der Waals surface area contributed by atoms with Gasteiger partial charge < -0.3 is 0 Å². The highest BCUT2D eigenvalue weighted by Gasteiger charge is 2.20. The Hall–Kier alpha value is -0.790. The summed E-state index contributed by atoms with van der Waals surface area (Å²) in [4.78, 5) is 0. The fraction of sp³-hybridized carbons (Fsp3) is 0.700. The summed E-state index contributed by atoms with van der Waals surface area (Å²) in [5.41, 5.74) is 4.09. The predicted molar refractivity (Wildman–Crippen MR) is 49.1 cm³/mol. The monoisotopic (exact) mass is 164 g/mol. The van der Waals surface area contributed by atoms with Gasteiger partial charge in [-0.15, -0.1) is 0 Å². The van der Waals surface area contributed by atoms with Crippen LogP contribution in [0.5, 0.6) is 0 Å². The molecule has 0 saturated carbocycles. The molecule has 0 aliphatic heterocycles. The highest BCUT2D eigenvalue weighted by atomic mass is 15.1. The highest BCUT2D eigenvalue weighted by Crippen LogP contribution is 2.27. The summed E-state index contributed by atoms with van der Waals surface area (Å²) in [6.07, 6.45) is 5.06. The number of aryl methyl sites for hydroxylation is 2. The summed E-state index contributed by atoms with van der Waals surface area (Å²) in [5.74, 6) is 0.897. The second-order valence-electron chi connectivity index (χ2n) is 3.79. The van der Waals surface area contributed by atoms with Crippen molar-refractivity contribution >= 4 is 0 Å². The molecule has 66 valence electrons. The maximum absolute atomic E-state index is 4.30. The first-order valence-electron chi connectivity index (χ1n) is 4.84. The molecule has 1 unspecified atom stereocenters. The molecule has 1 aromatic rings. The zero-order chi connectivity index (χ0) is 8.55. The molecule has 1 N–H and O–H groups in total. The fourth-order valence-corrected chi connectivity index (χ4v) is 2.06. The Kier molecular flexibility index (Phi) is 1.91. The van der Waals surface area contributed by atoms with Crippen LogP contribution in [0.4, 0.5) is 0 Å². The van der Waals surface area contributed by atoms with E-state index in [2.05, 4.69) is 24.0 Å². The van der Waals surface area contributed by atoms with E-state index in [-0.39, 0.29) is 0 Å². The van der Waals surface area contributed by atoms with Crippen LogP contribution in [0.25, 0.3) is 0 Å². The molecular formula is C10H16N2. The van der Waals surface area contributed by atoms with Gasteiger partial charge in [-0.2, -0.15) is 5.10 Å². The number of hydrogen-bond donors (Lipinski definition) is 1. The van der Waals surface area contributed by atoms with Gasteiger partial charge in [0, 0.05) is 5.69 Å². The lowest BCUT2D eigenvalue weighted by molar-refractivity contribution is 0.442. The van der Waals surface area contributed by atoms with Gasteiger partial charge in [-0.1, -0.05) is 13.3 Å². The molecule has 1 aliphatic carbocycles. The van der Waals surface area contributed by atoms with Crippen LogP contribution >= 0.6 is 0 Å². The number of hydrogen-bond acceptors (Lipinski definition) is 1. The molecule has 0 bridgehead atoms. The first-order valence-corrected chi connectivity index (χ1v) is 4.84. The molecule has 2 rings (SSSR count). The molecule has 1 atom stereocenters. The van der Waals surface area contributed by atoms with Gasteiger partial charge in [0.1, 0.15) is 0 Å². The van der Waals surface area contributed by atoms with Crippen molar-refractivity contribution in [1.82, 2.24) is 10.2 Å². The Morgan fingerprint density at radius 1 is 1.58 bits per heavy atom. The fourth-order valence-electron chi connectivity index (χ4n) is 2.06. The molecule has 0 aromatic carbocycles. The van der Waals surface area contributed by atoms with E-state index in [0.717, 1.165) is 5.92 Å². The van der Waals surface area contributed by atoms with Crippen LogP contribution in [0.1, 0.15) is 36.7 Å².